The van der Waals surface area contributed by atoms with Gasteiger partial charge in [0.15, 0.2) is 0 Å². The lowest BCUT2D eigenvalue weighted by Gasteiger charge is -2.37. The number of nitrogens with one attached hydrogen (secondary N) is 2. The summed E-state index contributed by atoms with van der Waals surface area (Å²) >= 11 is 0. The fraction of sp³-hybridized carbons (Fsp3) is 0.471. The summed E-state index contributed by atoms with van der Waals surface area (Å²) in [6, 6.07) is 7.17. The molecule has 1 amide bonds. The highest BCUT2D eigenvalue weighted by molar-refractivity contribution is 5.94. The quantitative estimate of drug-likeness (QED) is 0.834. The monoisotopic (exact) mass is 330 g/mol. The fourth-order valence-electron chi connectivity index (χ4n) is 3.07. The molecular weight excluding hydrogens is 308 g/mol. The van der Waals surface area contributed by atoms with Crippen molar-refractivity contribution in [3.63, 3.8) is 0 Å². The maximum Gasteiger partial charge on any atom is 0.251 e. The van der Waals surface area contributed by atoms with Crippen LogP contribution in [0.3, 0.4) is 0 Å². The van der Waals surface area contributed by atoms with Gasteiger partial charge in [0.1, 0.15) is 0 Å². The second-order valence-corrected chi connectivity index (χ2v) is 6.20. The van der Waals surface area contributed by atoms with Gasteiger partial charge < -0.3 is 19.9 Å². The molecular formula is C17H22N4O3. The molecule has 2 heterocycles. The molecule has 3 rings (SSSR count). The molecule has 1 aromatic carbocycles. The van der Waals surface area contributed by atoms with Crippen LogP contribution < -0.4 is 10.6 Å². The molecule has 7 heteroatoms. The number of benzene rings is 1. The average Bonchev–Trinajstić information content (AvgIpc) is 3.16. The second-order valence-electron chi connectivity index (χ2n) is 6.20. The zero-order valence-corrected chi connectivity index (χ0v) is 13.7. The van der Waals surface area contributed by atoms with Gasteiger partial charge in [-0.1, -0.05) is 17.3 Å². The second kappa shape index (κ2) is 7.55. The van der Waals surface area contributed by atoms with Crippen molar-refractivity contribution >= 4 is 5.91 Å². The first-order valence-electron chi connectivity index (χ1n) is 8.07. The minimum Gasteiger partial charge on any atom is -0.384 e. The Balaban J connectivity index is 1.62. The number of rotatable bonds is 6. The number of ether oxygens (including phenoxy) is 1. The van der Waals surface area contributed by atoms with E-state index in [4.69, 9.17) is 9.26 Å². The Morgan fingerprint density at radius 1 is 1.33 bits per heavy atom. The molecule has 128 valence electrons. The third-order valence-electron chi connectivity index (χ3n) is 4.51. The van der Waals surface area contributed by atoms with Crippen LogP contribution in [0.25, 0.3) is 11.4 Å². The zero-order chi connectivity index (χ0) is 16.8. The van der Waals surface area contributed by atoms with Gasteiger partial charge in [-0.25, -0.2) is 0 Å². The first kappa shape index (κ1) is 16.6. The van der Waals surface area contributed by atoms with E-state index in [0.29, 0.717) is 24.5 Å². The number of hydrogen-bond acceptors (Lipinski definition) is 6. The van der Waals surface area contributed by atoms with Gasteiger partial charge in [0.05, 0.1) is 6.61 Å². The van der Waals surface area contributed by atoms with Gasteiger partial charge in [0, 0.05) is 30.2 Å². The van der Waals surface area contributed by atoms with Crippen LogP contribution in [0, 0.1) is 5.41 Å². The van der Waals surface area contributed by atoms with E-state index in [1.54, 1.807) is 19.2 Å². The van der Waals surface area contributed by atoms with Crippen LogP contribution in [-0.4, -0.2) is 49.4 Å². The first-order valence-corrected chi connectivity index (χ1v) is 8.07. The molecule has 0 radical (unpaired) electrons. The molecule has 1 aromatic heterocycles. The van der Waals surface area contributed by atoms with Crippen LogP contribution >= 0.6 is 0 Å². The van der Waals surface area contributed by atoms with Crippen molar-refractivity contribution in [1.82, 2.24) is 20.8 Å². The largest absolute Gasteiger partial charge is 0.384 e. The van der Waals surface area contributed by atoms with Crippen molar-refractivity contribution < 1.29 is 14.1 Å². The lowest BCUT2D eigenvalue weighted by Crippen LogP contribution is -2.47. The number of piperidine rings is 1. The molecule has 0 unspecified atom stereocenters. The highest BCUT2D eigenvalue weighted by atomic mass is 16.5. The molecule has 1 saturated heterocycles. The van der Waals surface area contributed by atoms with E-state index < -0.39 is 0 Å². The molecule has 0 spiro atoms. The lowest BCUT2D eigenvalue weighted by atomic mass is 9.79. The van der Waals surface area contributed by atoms with E-state index in [-0.39, 0.29) is 11.3 Å². The van der Waals surface area contributed by atoms with E-state index in [9.17, 15) is 4.79 Å². The number of aromatic nitrogens is 2. The molecule has 2 aromatic rings. The number of carbonyl (C=O) groups excluding carboxylic acids is 1. The summed E-state index contributed by atoms with van der Waals surface area (Å²) in [4.78, 5) is 16.4. The summed E-state index contributed by atoms with van der Waals surface area (Å²) in [6.45, 7) is 3.19. The van der Waals surface area contributed by atoms with Crippen molar-refractivity contribution in [3.8, 4) is 11.4 Å². The van der Waals surface area contributed by atoms with Gasteiger partial charge in [-0.3, -0.25) is 4.79 Å². The summed E-state index contributed by atoms with van der Waals surface area (Å²) in [5.74, 6) is 0.430. The van der Waals surface area contributed by atoms with Gasteiger partial charge in [0.25, 0.3) is 5.91 Å². The van der Waals surface area contributed by atoms with Crippen LogP contribution in [0.5, 0.6) is 0 Å². The van der Waals surface area contributed by atoms with Gasteiger partial charge in [0.2, 0.25) is 12.2 Å². The predicted octanol–water partition coefficient (Wildman–Crippen LogP) is 1.48. The molecule has 0 saturated carbocycles. The average molecular weight is 330 g/mol. The number of methoxy groups -OCH3 is 1. The smallest absolute Gasteiger partial charge is 0.251 e. The minimum atomic E-state index is -0.0799. The summed E-state index contributed by atoms with van der Waals surface area (Å²) in [7, 11) is 1.71. The van der Waals surface area contributed by atoms with Crippen molar-refractivity contribution in [2.45, 2.75) is 12.8 Å². The number of carbonyl (C=O) groups is 1. The van der Waals surface area contributed by atoms with Crippen molar-refractivity contribution in [2.24, 2.45) is 5.41 Å². The van der Waals surface area contributed by atoms with Crippen molar-refractivity contribution in [1.29, 1.82) is 0 Å². The van der Waals surface area contributed by atoms with Crippen LogP contribution in [0.2, 0.25) is 0 Å². The number of amides is 1. The minimum absolute atomic E-state index is 0.0141. The van der Waals surface area contributed by atoms with E-state index in [2.05, 4.69) is 20.8 Å². The summed E-state index contributed by atoms with van der Waals surface area (Å²) < 4.78 is 10.1. The molecule has 0 atom stereocenters. The molecule has 24 heavy (non-hydrogen) atoms. The Hall–Kier alpha value is -2.25. The van der Waals surface area contributed by atoms with Crippen LogP contribution in [0.4, 0.5) is 0 Å². The highest BCUT2D eigenvalue weighted by Crippen LogP contribution is 2.28. The maximum absolute atomic E-state index is 12.4. The molecule has 1 aliphatic rings. The standard InChI is InChI=1S/C17H22N4O3/c1-23-11-17(6-8-18-9-7-17)10-19-16(22)14-4-2-13(3-5-14)15-20-12-24-21-15/h2-5,12,18H,6-11H2,1H3,(H,19,22). The van der Waals surface area contributed by atoms with Gasteiger partial charge in [-0.2, -0.15) is 4.98 Å². The van der Waals surface area contributed by atoms with E-state index >= 15 is 0 Å². The Kier molecular flexibility index (Phi) is 5.22. The number of hydrogen-bond donors (Lipinski definition) is 2. The zero-order valence-electron chi connectivity index (χ0n) is 13.7. The fourth-order valence-corrected chi connectivity index (χ4v) is 3.07. The third kappa shape index (κ3) is 3.80. The Morgan fingerprint density at radius 2 is 2.08 bits per heavy atom. The predicted molar refractivity (Wildman–Crippen MR) is 88.5 cm³/mol. The lowest BCUT2D eigenvalue weighted by molar-refractivity contribution is 0.0512. The summed E-state index contributed by atoms with van der Waals surface area (Å²) in [5.41, 5.74) is 1.44. The normalized spacial score (nSPS) is 16.7. The Labute approximate surface area is 140 Å². The first-order chi connectivity index (χ1) is 11.7. The topological polar surface area (TPSA) is 89.3 Å². The van der Waals surface area contributed by atoms with E-state index in [1.807, 2.05) is 12.1 Å². The summed E-state index contributed by atoms with van der Waals surface area (Å²) in [5, 5.41) is 10.2. The third-order valence-corrected chi connectivity index (χ3v) is 4.51. The SMILES string of the molecule is COCC1(CNC(=O)c2ccc(-c3ncon3)cc2)CCNCC1. The van der Waals surface area contributed by atoms with Crippen molar-refractivity contribution in [2.75, 3.05) is 33.4 Å². The molecule has 2 N–H and O–H groups in total. The van der Waals surface area contributed by atoms with Gasteiger partial charge in [-0.15, -0.1) is 0 Å². The van der Waals surface area contributed by atoms with Crippen molar-refractivity contribution in [3.05, 3.63) is 36.2 Å². The maximum atomic E-state index is 12.4. The van der Waals surface area contributed by atoms with Crippen LogP contribution in [0.1, 0.15) is 23.2 Å². The van der Waals surface area contributed by atoms with Gasteiger partial charge in [-0.05, 0) is 38.1 Å². The Morgan fingerprint density at radius 3 is 2.71 bits per heavy atom. The molecule has 0 bridgehead atoms. The van der Waals surface area contributed by atoms with Crippen LogP contribution in [-0.2, 0) is 4.74 Å². The van der Waals surface area contributed by atoms with Gasteiger partial charge >= 0.3 is 0 Å². The molecule has 7 nitrogen and oxygen atoms in total. The van der Waals surface area contributed by atoms with E-state index in [0.717, 1.165) is 31.5 Å². The Bertz CT molecular complexity index is 643. The van der Waals surface area contributed by atoms with Crippen LogP contribution in [0.15, 0.2) is 35.2 Å². The molecule has 0 aliphatic carbocycles. The summed E-state index contributed by atoms with van der Waals surface area (Å²) in [6.07, 6.45) is 3.28. The highest BCUT2D eigenvalue weighted by Gasteiger charge is 2.32. The van der Waals surface area contributed by atoms with E-state index in [1.165, 1.54) is 6.39 Å². The molecule has 1 fully saturated rings. The molecule has 1 aliphatic heterocycles. The number of nitrogens with zero attached hydrogens (tertiary/aromatic N) is 2.